The number of carbonyl (C=O) groups is 1. The second-order valence-electron chi connectivity index (χ2n) is 8.96. The largest absolute Gasteiger partial charge is 0.488 e. The number of hydrogen-bond acceptors (Lipinski definition) is 7. The molecule has 0 bridgehead atoms. The highest BCUT2D eigenvalue weighted by atomic mass is 16.4. The Hall–Kier alpha value is -3.94. The summed E-state index contributed by atoms with van der Waals surface area (Å²) in [5.41, 5.74) is 6.24. The van der Waals surface area contributed by atoms with Gasteiger partial charge in [-0.1, -0.05) is 54.6 Å². The van der Waals surface area contributed by atoms with E-state index >= 15 is 0 Å². The molecule has 1 fully saturated rings. The molecule has 0 saturated carbocycles. The summed E-state index contributed by atoms with van der Waals surface area (Å²) in [5.74, 6) is -0.174. The van der Waals surface area contributed by atoms with Gasteiger partial charge in [0.1, 0.15) is 6.04 Å². The van der Waals surface area contributed by atoms with Gasteiger partial charge in [-0.3, -0.25) is 4.79 Å². The SMILES string of the molecule is N#Cc1ccc(NN2C(C(O)c3ccc(B(O)O)cc3)C=CC3CN(c4ccccc4)C(=O)C32)cc1. The van der Waals surface area contributed by atoms with Crippen LogP contribution in [0.25, 0.3) is 0 Å². The summed E-state index contributed by atoms with van der Waals surface area (Å²) in [6, 6.07) is 23.7. The van der Waals surface area contributed by atoms with E-state index in [9.17, 15) is 19.9 Å². The van der Waals surface area contributed by atoms with Crippen LogP contribution < -0.4 is 15.8 Å². The fourth-order valence-electron chi connectivity index (χ4n) is 4.84. The average Bonchev–Trinajstić information content (AvgIpc) is 3.26. The zero-order valence-corrected chi connectivity index (χ0v) is 19.3. The molecule has 0 radical (unpaired) electrons. The van der Waals surface area contributed by atoms with Crippen LogP contribution >= 0.6 is 0 Å². The molecule has 4 N–H and O–H groups in total. The summed E-state index contributed by atoms with van der Waals surface area (Å²) in [7, 11) is -1.60. The van der Waals surface area contributed by atoms with Gasteiger partial charge in [0.15, 0.2) is 0 Å². The molecule has 9 heteroatoms. The van der Waals surface area contributed by atoms with Crippen molar-refractivity contribution < 1.29 is 19.9 Å². The van der Waals surface area contributed by atoms with E-state index in [4.69, 9.17) is 5.26 Å². The average molecular weight is 480 g/mol. The molecule has 4 unspecified atom stereocenters. The number of nitriles is 1. The van der Waals surface area contributed by atoms with Gasteiger partial charge in [0.25, 0.3) is 0 Å². The lowest BCUT2D eigenvalue weighted by molar-refractivity contribution is -0.123. The molecule has 2 aliphatic rings. The molecule has 3 aromatic carbocycles. The van der Waals surface area contributed by atoms with Crippen molar-refractivity contribution in [1.82, 2.24) is 5.01 Å². The van der Waals surface area contributed by atoms with Gasteiger partial charge in [-0.05, 0) is 47.4 Å². The summed E-state index contributed by atoms with van der Waals surface area (Å²) in [5, 5.41) is 41.1. The van der Waals surface area contributed by atoms with Crippen LogP contribution in [0.3, 0.4) is 0 Å². The fourth-order valence-corrected chi connectivity index (χ4v) is 4.84. The maximum absolute atomic E-state index is 13.7. The van der Waals surface area contributed by atoms with Crippen molar-refractivity contribution in [2.24, 2.45) is 5.92 Å². The minimum atomic E-state index is -1.60. The molecule has 5 rings (SSSR count). The number of aliphatic hydroxyl groups excluding tert-OH is 1. The Labute approximate surface area is 209 Å². The number of aliphatic hydroxyl groups is 1. The zero-order chi connectivity index (χ0) is 25.2. The Balaban J connectivity index is 1.48. The van der Waals surface area contributed by atoms with Crippen molar-refractivity contribution in [3.63, 3.8) is 0 Å². The van der Waals surface area contributed by atoms with Crippen LogP contribution in [0.2, 0.25) is 0 Å². The Morgan fingerprint density at radius 2 is 1.67 bits per heavy atom. The molecule has 2 aliphatic heterocycles. The second-order valence-corrected chi connectivity index (χ2v) is 8.96. The van der Waals surface area contributed by atoms with Crippen LogP contribution in [0.15, 0.2) is 91.0 Å². The van der Waals surface area contributed by atoms with Crippen molar-refractivity contribution in [2.75, 3.05) is 16.9 Å². The van der Waals surface area contributed by atoms with Gasteiger partial charge in [0.2, 0.25) is 5.91 Å². The van der Waals surface area contributed by atoms with Crippen LogP contribution in [-0.2, 0) is 4.79 Å². The smallest absolute Gasteiger partial charge is 0.423 e. The van der Waals surface area contributed by atoms with Gasteiger partial charge < -0.3 is 25.5 Å². The molecule has 36 heavy (non-hydrogen) atoms. The first-order valence-electron chi connectivity index (χ1n) is 11.7. The first-order chi connectivity index (χ1) is 17.5. The maximum Gasteiger partial charge on any atom is 0.488 e. The van der Waals surface area contributed by atoms with Crippen molar-refractivity contribution >= 4 is 29.9 Å². The Kier molecular flexibility index (Phi) is 6.59. The van der Waals surface area contributed by atoms with Gasteiger partial charge in [-0.25, -0.2) is 5.01 Å². The number of nitrogens with one attached hydrogen (secondary N) is 1. The second kappa shape index (κ2) is 9.97. The van der Waals surface area contributed by atoms with E-state index in [1.807, 2.05) is 42.5 Å². The highest BCUT2D eigenvalue weighted by molar-refractivity contribution is 6.58. The number of hydrogen-bond donors (Lipinski definition) is 4. The number of para-hydroxylation sites is 1. The van der Waals surface area contributed by atoms with E-state index in [1.165, 1.54) is 0 Å². The number of rotatable bonds is 6. The van der Waals surface area contributed by atoms with E-state index in [0.29, 0.717) is 28.8 Å². The molecular formula is C27H25BN4O4. The molecule has 2 heterocycles. The molecule has 0 aliphatic carbocycles. The highest BCUT2D eigenvalue weighted by Gasteiger charge is 2.49. The minimum absolute atomic E-state index is 0.0763. The third-order valence-electron chi connectivity index (χ3n) is 6.73. The number of nitrogens with zero attached hydrogens (tertiary/aromatic N) is 3. The molecule has 3 aromatic rings. The van der Waals surface area contributed by atoms with Gasteiger partial charge in [0, 0.05) is 23.8 Å². The molecule has 0 aromatic heterocycles. The number of hydrazine groups is 1. The Morgan fingerprint density at radius 3 is 2.31 bits per heavy atom. The van der Waals surface area contributed by atoms with Gasteiger partial charge >= 0.3 is 7.12 Å². The lowest BCUT2D eigenvalue weighted by Gasteiger charge is -2.41. The van der Waals surface area contributed by atoms with E-state index < -0.39 is 25.3 Å². The van der Waals surface area contributed by atoms with Crippen molar-refractivity contribution in [1.29, 1.82) is 5.26 Å². The Bertz CT molecular complexity index is 1290. The molecular weight excluding hydrogens is 455 g/mol. The van der Waals surface area contributed by atoms with Crippen molar-refractivity contribution in [3.05, 3.63) is 102 Å². The quantitative estimate of drug-likeness (QED) is 0.312. The monoisotopic (exact) mass is 480 g/mol. The molecule has 1 saturated heterocycles. The van der Waals surface area contributed by atoms with Gasteiger partial charge in [-0.2, -0.15) is 5.26 Å². The van der Waals surface area contributed by atoms with Gasteiger partial charge in [0.05, 0.1) is 23.8 Å². The topological polar surface area (TPSA) is 120 Å². The minimum Gasteiger partial charge on any atom is -0.423 e. The van der Waals surface area contributed by atoms with Crippen molar-refractivity contribution in [3.8, 4) is 6.07 Å². The number of fused-ring (bicyclic) bond motifs is 1. The molecule has 180 valence electrons. The van der Waals surface area contributed by atoms with E-state index in [2.05, 4.69) is 11.5 Å². The summed E-state index contributed by atoms with van der Waals surface area (Å²) in [4.78, 5) is 15.5. The van der Waals surface area contributed by atoms with Crippen LogP contribution in [0.5, 0.6) is 0 Å². The first kappa shape index (κ1) is 23.8. The number of amides is 1. The summed E-state index contributed by atoms with van der Waals surface area (Å²) < 4.78 is 0. The fraction of sp³-hybridized carbons (Fsp3) is 0.185. The maximum atomic E-state index is 13.7. The predicted molar refractivity (Wildman–Crippen MR) is 137 cm³/mol. The predicted octanol–water partition coefficient (Wildman–Crippen LogP) is 1.57. The third-order valence-corrected chi connectivity index (χ3v) is 6.73. The number of anilines is 2. The van der Waals surface area contributed by atoms with Crippen LogP contribution in [0.4, 0.5) is 11.4 Å². The van der Waals surface area contributed by atoms with Crippen LogP contribution in [0, 0.1) is 17.2 Å². The normalized spacial score (nSPS) is 22.1. The van der Waals surface area contributed by atoms with E-state index in [0.717, 1.165) is 5.69 Å². The van der Waals surface area contributed by atoms with E-state index in [-0.39, 0.29) is 11.8 Å². The molecule has 1 amide bonds. The zero-order valence-electron chi connectivity index (χ0n) is 19.3. The molecule has 0 spiro atoms. The summed E-state index contributed by atoms with van der Waals surface area (Å²) >= 11 is 0. The third kappa shape index (κ3) is 4.51. The summed E-state index contributed by atoms with van der Waals surface area (Å²) in [6.45, 7) is 0.515. The van der Waals surface area contributed by atoms with Crippen molar-refractivity contribution in [2.45, 2.75) is 18.2 Å². The molecule has 4 atom stereocenters. The molecule has 8 nitrogen and oxygen atoms in total. The van der Waals surface area contributed by atoms with E-state index in [1.54, 1.807) is 58.4 Å². The Morgan fingerprint density at radius 1 is 0.972 bits per heavy atom. The lowest BCUT2D eigenvalue weighted by Crippen LogP contribution is -2.55. The first-order valence-corrected chi connectivity index (χ1v) is 11.7. The van der Waals surface area contributed by atoms with Crippen LogP contribution in [-0.4, -0.2) is 51.8 Å². The summed E-state index contributed by atoms with van der Waals surface area (Å²) in [6.07, 6.45) is 2.89. The standard InChI is InChI=1S/C27H25BN4O4/c29-16-18-6-13-22(14-7-18)30-32-24(26(33)19-8-11-21(12-9-19)28(35)36)15-10-20-17-31(27(34)25(20)32)23-4-2-1-3-5-23/h1-15,20,24-26,30,33,35-36H,17H2. The van der Waals surface area contributed by atoms with Gasteiger partial charge in [-0.15, -0.1) is 0 Å². The highest BCUT2D eigenvalue weighted by Crippen LogP contribution is 2.37. The van der Waals surface area contributed by atoms with Crippen LogP contribution in [0.1, 0.15) is 17.2 Å². The lowest BCUT2D eigenvalue weighted by atomic mass is 9.79. The number of carbonyl (C=O) groups excluding carboxylic acids is 1. The number of benzene rings is 3.